The monoisotopic (exact) mass is 316 g/mol. The Morgan fingerprint density at radius 1 is 1.21 bits per heavy atom. The van der Waals surface area contributed by atoms with Gasteiger partial charge < -0.3 is 10.1 Å². The van der Waals surface area contributed by atoms with E-state index in [1.165, 1.54) is 0 Å². The zero-order chi connectivity index (χ0) is 13.2. The quantitative estimate of drug-likeness (QED) is 0.685. The smallest absolute Gasteiger partial charge is 0.218 e. The number of halogens is 1. The van der Waals surface area contributed by atoms with Crippen molar-refractivity contribution >= 4 is 38.2 Å². The number of aromatic amines is 1. The summed E-state index contributed by atoms with van der Waals surface area (Å²) in [6.45, 7) is 0. The maximum atomic E-state index is 9.86. The molecule has 2 aromatic heterocycles. The van der Waals surface area contributed by atoms with Crippen molar-refractivity contribution in [1.82, 2.24) is 9.97 Å². The molecule has 0 saturated heterocycles. The molecule has 19 heavy (non-hydrogen) atoms. The Labute approximate surface area is 117 Å². The van der Waals surface area contributed by atoms with E-state index in [0.717, 1.165) is 15.4 Å². The van der Waals surface area contributed by atoms with E-state index >= 15 is 0 Å². The number of aromatic hydroxyl groups is 1. The normalized spacial score (nSPS) is 11.4. The molecule has 0 fully saturated rings. The Morgan fingerprint density at radius 3 is 2.89 bits per heavy atom. The molecule has 0 aliphatic carbocycles. The maximum Gasteiger partial charge on any atom is 0.218 e. The molecule has 0 saturated carbocycles. The number of rotatable bonds is 2. The van der Waals surface area contributed by atoms with Crippen LogP contribution in [0.1, 0.15) is 0 Å². The highest BCUT2D eigenvalue weighted by Gasteiger charge is 2.10. The molecule has 94 valence electrons. The van der Waals surface area contributed by atoms with Crippen LogP contribution in [0.4, 0.5) is 11.4 Å². The molecule has 0 bridgehead atoms. The number of hydrogen-bond donors (Lipinski definition) is 2. The molecule has 2 heterocycles. The number of aromatic nitrogens is 2. The molecule has 0 unspecified atom stereocenters. The van der Waals surface area contributed by atoms with Crippen LogP contribution in [0.15, 0.2) is 57.4 Å². The molecule has 0 aliphatic rings. The van der Waals surface area contributed by atoms with E-state index in [4.69, 9.17) is 0 Å². The zero-order valence-electron chi connectivity index (χ0n) is 9.71. The summed E-state index contributed by atoms with van der Waals surface area (Å²) in [4.78, 5) is 6.81. The van der Waals surface area contributed by atoms with Gasteiger partial charge in [-0.2, -0.15) is 0 Å². The number of H-pyrrole nitrogens is 1. The molecule has 3 aromatic rings. The Hall–Kier alpha value is -2.21. The van der Waals surface area contributed by atoms with Crippen LogP contribution < -0.4 is 0 Å². The van der Waals surface area contributed by atoms with Gasteiger partial charge in [0.25, 0.3) is 0 Å². The first-order chi connectivity index (χ1) is 9.24. The molecular weight excluding hydrogens is 308 g/mol. The maximum absolute atomic E-state index is 9.86. The first-order valence-electron chi connectivity index (χ1n) is 5.56. The average molecular weight is 317 g/mol. The SMILES string of the molecule is Oc1[nH]c2ccc(Br)cc2c1N=Nc1cccnc1. The van der Waals surface area contributed by atoms with Crippen molar-refractivity contribution in [3.63, 3.8) is 0 Å². The molecule has 0 atom stereocenters. The summed E-state index contributed by atoms with van der Waals surface area (Å²) in [7, 11) is 0. The summed E-state index contributed by atoms with van der Waals surface area (Å²) < 4.78 is 0.914. The number of nitrogens with zero attached hydrogens (tertiary/aromatic N) is 3. The number of hydrogen-bond acceptors (Lipinski definition) is 4. The third kappa shape index (κ3) is 2.34. The van der Waals surface area contributed by atoms with E-state index in [9.17, 15) is 5.11 Å². The van der Waals surface area contributed by atoms with Gasteiger partial charge in [0.05, 0.1) is 11.7 Å². The van der Waals surface area contributed by atoms with Crippen LogP contribution in [0, 0.1) is 0 Å². The molecule has 0 amide bonds. The van der Waals surface area contributed by atoms with Crippen molar-refractivity contribution in [2.45, 2.75) is 0 Å². The van der Waals surface area contributed by atoms with E-state index < -0.39 is 0 Å². The summed E-state index contributed by atoms with van der Waals surface area (Å²) in [5, 5.41) is 18.8. The van der Waals surface area contributed by atoms with Crippen LogP contribution in [0.2, 0.25) is 0 Å². The average Bonchev–Trinajstić information content (AvgIpc) is 2.73. The fourth-order valence-corrected chi connectivity index (χ4v) is 2.12. The third-order valence-electron chi connectivity index (χ3n) is 2.63. The highest BCUT2D eigenvalue weighted by atomic mass is 79.9. The van der Waals surface area contributed by atoms with Crippen LogP contribution in [0.5, 0.6) is 5.88 Å². The van der Waals surface area contributed by atoms with Gasteiger partial charge in [-0.15, -0.1) is 10.2 Å². The van der Waals surface area contributed by atoms with E-state index in [2.05, 4.69) is 36.1 Å². The van der Waals surface area contributed by atoms with E-state index in [0.29, 0.717) is 11.4 Å². The summed E-state index contributed by atoms with van der Waals surface area (Å²) in [5.74, 6) is 0.000685. The van der Waals surface area contributed by atoms with Crippen LogP contribution in [0.25, 0.3) is 10.9 Å². The number of pyridine rings is 1. The van der Waals surface area contributed by atoms with Gasteiger partial charge in [-0.1, -0.05) is 15.9 Å². The molecular formula is C13H9BrN4O. The fraction of sp³-hybridized carbons (Fsp3) is 0. The van der Waals surface area contributed by atoms with Crippen molar-refractivity contribution in [1.29, 1.82) is 0 Å². The Balaban J connectivity index is 2.07. The van der Waals surface area contributed by atoms with Crippen molar-refractivity contribution < 1.29 is 5.11 Å². The molecule has 6 heteroatoms. The second-order valence-electron chi connectivity index (χ2n) is 3.92. The van der Waals surface area contributed by atoms with E-state index in [-0.39, 0.29) is 5.88 Å². The van der Waals surface area contributed by atoms with Crippen molar-refractivity contribution in [2.75, 3.05) is 0 Å². The number of azo groups is 1. The Morgan fingerprint density at radius 2 is 2.11 bits per heavy atom. The van der Waals surface area contributed by atoms with Crippen LogP contribution in [-0.2, 0) is 0 Å². The molecule has 3 rings (SSSR count). The van der Waals surface area contributed by atoms with Gasteiger partial charge in [-0.25, -0.2) is 0 Å². The first-order valence-corrected chi connectivity index (χ1v) is 6.35. The molecule has 5 nitrogen and oxygen atoms in total. The largest absolute Gasteiger partial charge is 0.493 e. The van der Waals surface area contributed by atoms with Gasteiger partial charge in [0.1, 0.15) is 5.69 Å². The van der Waals surface area contributed by atoms with Gasteiger partial charge >= 0.3 is 0 Å². The minimum Gasteiger partial charge on any atom is -0.493 e. The lowest BCUT2D eigenvalue weighted by Crippen LogP contribution is -1.68. The molecule has 0 radical (unpaired) electrons. The lowest BCUT2D eigenvalue weighted by molar-refractivity contribution is 0.459. The minimum absolute atomic E-state index is 0.000685. The fourth-order valence-electron chi connectivity index (χ4n) is 1.76. The molecule has 0 aliphatic heterocycles. The first kappa shape index (κ1) is 11.9. The predicted octanol–water partition coefficient (Wildman–Crippen LogP) is 4.45. The predicted molar refractivity (Wildman–Crippen MR) is 76.1 cm³/mol. The number of nitrogens with one attached hydrogen (secondary N) is 1. The van der Waals surface area contributed by atoms with Gasteiger partial charge in [-0.05, 0) is 30.3 Å². The van der Waals surface area contributed by atoms with Gasteiger partial charge in [0.2, 0.25) is 5.88 Å². The highest BCUT2D eigenvalue weighted by molar-refractivity contribution is 9.10. The Kier molecular flexibility index (Phi) is 3.00. The Bertz CT molecular complexity index is 752. The summed E-state index contributed by atoms with van der Waals surface area (Å²) in [5.41, 5.74) is 1.85. The summed E-state index contributed by atoms with van der Waals surface area (Å²) in [6, 6.07) is 9.20. The van der Waals surface area contributed by atoms with Crippen LogP contribution in [-0.4, -0.2) is 15.1 Å². The molecule has 0 spiro atoms. The standard InChI is InChI=1S/C13H9BrN4O/c14-8-3-4-11-10(6-8)12(13(19)16-11)18-17-9-2-1-5-15-7-9/h1-7,16,19H. The van der Waals surface area contributed by atoms with Crippen molar-refractivity contribution in [2.24, 2.45) is 10.2 Å². The van der Waals surface area contributed by atoms with Crippen LogP contribution >= 0.6 is 15.9 Å². The molecule has 1 aromatic carbocycles. The minimum atomic E-state index is 0.000685. The lowest BCUT2D eigenvalue weighted by Gasteiger charge is -1.93. The second kappa shape index (κ2) is 4.81. The van der Waals surface area contributed by atoms with Crippen molar-refractivity contribution in [3.8, 4) is 5.88 Å². The van der Waals surface area contributed by atoms with Crippen molar-refractivity contribution in [3.05, 3.63) is 47.2 Å². The molecule has 2 N–H and O–H groups in total. The number of benzene rings is 1. The topological polar surface area (TPSA) is 73.6 Å². The summed E-state index contributed by atoms with van der Waals surface area (Å²) in [6.07, 6.45) is 3.27. The lowest BCUT2D eigenvalue weighted by atomic mass is 10.2. The number of fused-ring (bicyclic) bond motifs is 1. The van der Waals surface area contributed by atoms with E-state index in [1.807, 2.05) is 18.2 Å². The van der Waals surface area contributed by atoms with Gasteiger partial charge in [-0.3, -0.25) is 4.98 Å². The van der Waals surface area contributed by atoms with Gasteiger partial charge in [0.15, 0.2) is 5.69 Å². The summed E-state index contributed by atoms with van der Waals surface area (Å²) >= 11 is 3.39. The highest BCUT2D eigenvalue weighted by Crippen LogP contribution is 2.37. The third-order valence-corrected chi connectivity index (χ3v) is 3.12. The second-order valence-corrected chi connectivity index (χ2v) is 4.84. The van der Waals surface area contributed by atoms with Crippen LogP contribution in [0.3, 0.4) is 0 Å². The van der Waals surface area contributed by atoms with Gasteiger partial charge in [0, 0.05) is 16.1 Å². The zero-order valence-corrected chi connectivity index (χ0v) is 11.3. The van der Waals surface area contributed by atoms with E-state index in [1.54, 1.807) is 24.5 Å².